The molecule has 1 atom stereocenters. The highest BCUT2D eigenvalue weighted by molar-refractivity contribution is 8.03. The number of allylic oxidation sites excluding steroid dienone is 1. The molecule has 5 rings (SSSR count). The number of ether oxygens (including phenoxy) is 2. The van der Waals surface area contributed by atoms with Gasteiger partial charge in [0.05, 0.1) is 6.61 Å². The summed E-state index contributed by atoms with van der Waals surface area (Å²) in [6.07, 6.45) is 8.83. The summed E-state index contributed by atoms with van der Waals surface area (Å²) in [5, 5.41) is 3.50. The van der Waals surface area contributed by atoms with E-state index in [1.807, 2.05) is 23.5 Å². The van der Waals surface area contributed by atoms with Gasteiger partial charge in [0.1, 0.15) is 11.9 Å². The van der Waals surface area contributed by atoms with Crippen molar-refractivity contribution < 1.29 is 9.47 Å². The molecular formula is C28H33NO2S2. The molecule has 3 nitrogen and oxygen atoms in total. The Morgan fingerprint density at radius 2 is 2.00 bits per heavy atom. The Labute approximate surface area is 206 Å². The molecule has 1 unspecified atom stereocenters. The Balaban J connectivity index is 1.37. The van der Waals surface area contributed by atoms with Crippen LogP contribution in [0.2, 0.25) is 0 Å². The fourth-order valence-electron chi connectivity index (χ4n) is 5.22. The van der Waals surface area contributed by atoms with E-state index in [-0.39, 0.29) is 6.10 Å². The van der Waals surface area contributed by atoms with Gasteiger partial charge < -0.3 is 14.8 Å². The molecule has 0 spiro atoms. The van der Waals surface area contributed by atoms with Gasteiger partial charge in [-0.1, -0.05) is 18.2 Å². The summed E-state index contributed by atoms with van der Waals surface area (Å²) in [5.74, 6) is 4.25. The molecule has 1 aliphatic carbocycles. The molecule has 2 aromatic rings. The van der Waals surface area contributed by atoms with Crippen molar-refractivity contribution in [2.24, 2.45) is 0 Å². The summed E-state index contributed by atoms with van der Waals surface area (Å²) in [6.45, 7) is 6.12. The Morgan fingerprint density at radius 1 is 1.15 bits per heavy atom. The van der Waals surface area contributed by atoms with Crippen LogP contribution in [0, 0.1) is 13.8 Å². The lowest BCUT2D eigenvalue weighted by Crippen LogP contribution is -2.23. The molecule has 2 aromatic carbocycles. The van der Waals surface area contributed by atoms with Gasteiger partial charge >= 0.3 is 0 Å². The Morgan fingerprint density at radius 3 is 2.82 bits per heavy atom. The first-order valence-corrected chi connectivity index (χ1v) is 14.3. The van der Waals surface area contributed by atoms with Crippen molar-refractivity contribution in [3.63, 3.8) is 0 Å². The van der Waals surface area contributed by atoms with Crippen LogP contribution in [0.25, 0.3) is 11.1 Å². The second-order valence-corrected chi connectivity index (χ2v) is 11.2. The predicted molar refractivity (Wildman–Crippen MR) is 142 cm³/mol. The van der Waals surface area contributed by atoms with Crippen LogP contribution in [0.3, 0.4) is 0 Å². The topological polar surface area (TPSA) is 30.5 Å². The third-order valence-corrected chi connectivity index (χ3v) is 8.59. The fraction of sp³-hybridized carbons (Fsp3) is 0.429. The van der Waals surface area contributed by atoms with Crippen LogP contribution < -0.4 is 10.1 Å². The summed E-state index contributed by atoms with van der Waals surface area (Å²) in [7, 11) is 0. The minimum atomic E-state index is 0.118. The fourth-order valence-corrected chi connectivity index (χ4v) is 6.76. The highest BCUT2D eigenvalue weighted by Crippen LogP contribution is 2.43. The van der Waals surface area contributed by atoms with Crippen molar-refractivity contribution >= 4 is 23.5 Å². The maximum atomic E-state index is 6.50. The lowest BCUT2D eigenvalue weighted by atomic mass is 9.90. The molecule has 0 amide bonds. The molecule has 0 bridgehead atoms. The molecule has 3 aliphatic rings. The minimum absolute atomic E-state index is 0.118. The Hall–Kier alpha value is -1.98. The average Bonchev–Trinajstić information content (AvgIpc) is 3.44. The molecule has 2 heterocycles. The third-order valence-electron chi connectivity index (χ3n) is 6.77. The van der Waals surface area contributed by atoms with E-state index in [9.17, 15) is 0 Å². The smallest absolute Gasteiger partial charge is 0.188 e. The minimum Gasteiger partial charge on any atom is -0.494 e. The Kier molecular flexibility index (Phi) is 6.98. The number of nitrogens with one attached hydrogen (secondary N) is 1. The van der Waals surface area contributed by atoms with Crippen molar-refractivity contribution in [2.45, 2.75) is 45.6 Å². The van der Waals surface area contributed by atoms with E-state index in [0.29, 0.717) is 0 Å². The van der Waals surface area contributed by atoms with E-state index in [4.69, 9.17) is 9.47 Å². The van der Waals surface area contributed by atoms with Gasteiger partial charge in [-0.3, -0.25) is 0 Å². The molecule has 0 saturated heterocycles. The number of thioether (sulfide) groups is 2. The van der Waals surface area contributed by atoms with Gasteiger partial charge in [0.2, 0.25) is 0 Å². The zero-order valence-electron chi connectivity index (χ0n) is 19.8. The van der Waals surface area contributed by atoms with E-state index in [1.54, 1.807) is 0 Å². The van der Waals surface area contributed by atoms with E-state index >= 15 is 0 Å². The van der Waals surface area contributed by atoms with Crippen molar-refractivity contribution in [3.05, 3.63) is 75.0 Å². The number of rotatable bonds is 8. The summed E-state index contributed by atoms with van der Waals surface area (Å²) >= 11 is 3.82. The zero-order chi connectivity index (χ0) is 22.8. The van der Waals surface area contributed by atoms with Crippen LogP contribution >= 0.6 is 23.5 Å². The quantitative estimate of drug-likeness (QED) is 0.414. The van der Waals surface area contributed by atoms with Crippen LogP contribution in [0.15, 0.2) is 52.8 Å². The second kappa shape index (κ2) is 10.1. The monoisotopic (exact) mass is 479 g/mol. The first-order valence-electron chi connectivity index (χ1n) is 12.0. The number of fused-ring (bicyclic) bond motifs is 1. The van der Waals surface area contributed by atoms with Crippen LogP contribution in [-0.2, 0) is 11.2 Å². The molecule has 0 fully saturated rings. The Bertz CT molecular complexity index is 1080. The zero-order valence-corrected chi connectivity index (χ0v) is 21.5. The highest BCUT2D eigenvalue weighted by atomic mass is 32.2. The SMILES string of the molecule is CSCCCOc1cc(C)c(-c2cccc3c2CCC3OC2=CC3=C(CCS3)CN2)c(C)c1. The molecule has 5 heteroatoms. The summed E-state index contributed by atoms with van der Waals surface area (Å²) in [5.41, 5.74) is 9.56. The van der Waals surface area contributed by atoms with Crippen molar-refractivity contribution in [1.82, 2.24) is 5.32 Å². The molecule has 0 aromatic heterocycles. The van der Waals surface area contributed by atoms with Crippen LogP contribution in [0.1, 0.15) is 47.6 Å². The average molecular weight is 480 g/mol. The standard InChI is InChI=1S/C28H33NO2S2/c1-18-14-21(30-11-5-12-32-3)15-19(2)28(18)24-7-4-6-23-22(24)8-9-25(23)31-27-16-26-20(17-29-27)10-13-33-26/h4,6-7,14-16,25,29H,5,8-13,17H2,1-3H3. The van der Waals surface area contributed by atoms with E-state index in [0.717, 1.165) is 49.8 Å². The summed E-state index contributed by atoms with van der Waals surface area (Å²) in [4.78, 5) is 1.41. The van der Waals surface area contributed by atoms with Crippen LogP contribution in [0.5, 0.6) is 5.75 Å². The normalized spacial score (nSPS) is 19.1. The second-order valence-electron chi connectivity index (χ2n) is 9.07. The third kappa shape index (κ3) is 4.81. The van der Waals surface area contributed by atoms with Gasteiger partial charge in [-0.25, -0.2) is 0 Å². The predicted octanol–water partition coefficient (Wildman–Crippen LogP) is 6.94. The number of aryl methyl sites for hydroxylation is 2. The van der Waals surface area contributed by atoms with Gasteiger partial charge in [-0.15, -0.1) is 11.8 Å². The van der Waals surface area contributed by atoms with Crippen LogP contribution in [0.4, 0.5) is 0 Å². The van der Waals surface area contributed by atoms with Gasteiger partial charge in [0.25, 0.3) is 0 Å². The molecule has 0 radical (unpaired) electrons. The number of hydrogen-bond acceptors (Lipinski definition) is 5. The van der Waals surface area contributed by atoms with E-state index < -0.39 is 0 Å². The first kappa shape index (κ1) is 22.8. The lowest BCUT2D eigenvalue weighted by Gasteiger charge is -2.22. The molecule has 33 heavy (non-hydrogen) atoms. The largest absolute Gasteiger partial charge is 0.494 e. The highest BCUT2D eigenvalue weighted by Gasteiger charge is 2.29. The first-order chi connectivity index (χ1) is 16.1. The summed E-state index contributed by atoms with van der Waals surface area (Å²) in [6, 6.07) is 11.1. The van der Waals surface area contributed by atoms with E-state index in [1.165, 1.54) is 56.0 Å². The number of dihydropyridines is 1. The van der Waals surface area contributed by atoms with Gasteiger partial charge in [0, 0.05) is 23.3 Å². The molecule has 174 valence electrons. The van der Waals surface area contributed by atoms with Gasteiger partial charge in [0.15, 0.2) is 5.88 Å². The summed E-state index contributed by atoms with van der Waals surface area (Å²) < 4.78 is 12.5. The van der Waals surface area contributed by atoms with Crippen molar-refractivity contribution in [1.29, 1.82) is 0 Å². The lowest BCUT2D eigenvalue weighted by molar-refractivity contribution is 0.103. The van der Waals surface area contributed by atoms with Gasteiger partial charge in [-0.2, -0.15) is 11.8 Å². The molecule has 1 N–H and O–H groups in total. The molecular weight excluding hydrogens is 446 g/mol. The van der Waals surface area contributed by atoms with E-state index in [2.05, 4.69) is 61.8 Å². The van der Waals surface area contributed by atoms with Crippen LogP contribution in [-0.4, -0.2) is 30.9 Å². The molecule has 2 aliphatic heterocycles. The molecule has 0 saturated carbocycles. The number of hydrogen-bond donors (Lipinski definition) is 1. The van der Waals surface area contributed by atoms with Gasteiger partial charge in [-0.05, 0) is 103 Å². The number of benzene rings is 2. The maximum Gasteiger partial charge on any atom is 0.188 e. The van der Waals surface area contributed by atoms with Crippen molar-refractivity contribution in [2.75, 3.05) is 30.9 Å². The maximum absolute atomic E-state index is 6.50. The van der Waals surface area contributed by atoms with Crippen molar-refractivity contribution in [3.8, 4) is 16.9 Å².